The Bertz CT molecular complexity index is 391. The minimum absolute atomic E-state index is 0.137. The van der Waals surface area contributed by atoms with Gasteiger partial charge in [-0.2, -0.15) is 13.2 Å². The SMILES string of the molecule is CC(=O)c1c(N)cc(C(F)(F)F)cc1I. The largest absolute Gasteiger partial charge is 0.416 e. The number of hydrogen-bond donors (Lipinski definition) is 1. The van der Waals surface area contributed by atoms with Crippen LogP contribution in [-0.4, -0.2) is 5.78 Å². The van der Waals surface area contributed by atoms with Crippen molar-refractivity contribution in [3.05, 3.63) is 26.8 Å². The molecule has 0 aliphatic heterocycles. The number of alkyl halides is 3. The summed E-state index contributed by atoms with van der Waals surface area (Å²) in [7, 11) is 0. The lowest BCUT2D eigenvalue weighted by Crippen LogP contribution is -2.10. The van der Waals surface area contributed by atoms with E-state index >= 15 is 0 Å². The number of ketones is 1. The highest BCUT2D eigenvalue weighted by Crippen LogP contribution is 2.33. The second kappa shape index (κ2) is 3.99. The molecule has 6 heteroatoms. The predicted octanol–water partition coefficient (Wildman–Crippen LogP) is 3.09. The van der Waals surface area contributed by atoms with Gasteiger partial charge in [0.1, 0.15) is 0 Å². The van der Waals surface area contributed by atoms with Crippen LogP contribution in [0.25, 0.3) is 0 Å². The normalized spacial score (nSPS) is 11.5. The first kappa shape index (κ1) is 12.3. The molecule has 2 nitrogen and oxygen atoms in total. The summed E-state index contributed by atoms with van der Waals surface area (Å²) in [6.07, 6.45) is -4.44. The van der Waals surface area contributed by atoms with E-state index in [0.29, 0.717) is 0 Å². The van der Waals surface area contributed by atoms with Crippen LogP contribution in [0.4, 0.5) is 18.9 Å². The van der Waals surface area contributed by atoms with Crippen LogP contribution in [-0.2, 0) is 6.18 Å². The summed E-state index contributed by atoms with van der Waals surface area (Å²) in [4.78, 5) is 11.1. The van der Waals surface area contributed by atoms with Gasteiger partial charge in [-0.25, -0.2) is 0 Å². The molecule has 0 radical (unpaired) electrons. The number of carbonyl (C=O) groups excluding carboxylic acids is 1. The van der Waals surface area contributed by atoms with Gasteiger partial charge in [0.15, 0.2) is 5.78 Å². The van der Waals surface area contributed by atoms with Crippen molar-refractivity contribution in [1.82, 2.24) is 0 Å². The quantitative estimate of drug-likeness (QED) is 0.489. The fraction of sp³-hybridized carbons (Fsp3) is 0.222. The number of anilines is 1. The molecule has 1 aromatic rings. The van der Waals surface area contributed by atoms with E-state index in [1.54, 1.807) is 22.6 Å². The minimum Gasteiger partial charge on any atom is -0.398 e. The van der Waals surface area contributed by atoms with Gasteiger partial charge < -0.3 is 5.73 Å². The van der Waals surface area contributed by atoms with Crippen LogP contribution in [0.15, 0.2) is 12.1 Å². The van der Waals surface area contributed by atoms with Crippen molar-refractivity contribution in [2.45, 2.75) is 13.1 Å². The molecule has 0 amide bonds. The van der Waals surface area contributed by atoms with E-state index in [1.165, 1.54) is 6.92 Å². The number of hydrogen-bond acceptors (Lipinski definition) is 2. The molecule has 0 atom stereocenters. The van der Waals surface area contributed by atoms with Crippen molar-refractivity contribution < 1.29 is 18.0 Å². The van der Waals surface area contributed by atoms with E-state index in [-0.39, 0.29) is 20.6 Å². The topological polar surface area (TPSA) is 43.1 Å². The van der Waals surface area contributed by atoms with Crippen LogP contribution >= 0.6 is 22.6 Å². The summed E-state index contributed by atoms with van der Waals surface area (Å²) in [5, 5.41) is 0. The summed E-state index contributed by atoms with van der Waals surface area (Å²) in [6, 6.07) is 1.69. The molecule has 15 heavy (non-hydrogen) atoms. The maximum Gasteiger partial charge on any atom is 0.416 e. The maximum absolute atomic E-state index is 12.3. The van der Waals surface area contributed by atoms with Gasteiger partial charge in [-0.15, -0.1) is 0 Å². The monoisotopic (exact) mass is 329 g/mol. The Hall–Kier alpha value is -0.790. The zero-order chi connectivity index (χ0) is 11.8. The van der Waals surface area contributed by atoms with Crippen LogP contribution in [0.3, 0.4) is 0 Å². The highest BCUT2D eigenvalue weighted by Gasteiger charge is 2.32. The fourth-order valence-corrected chi connectivity index (χ4v) is 2.19. The van der Waals surface area contributed by atoms with Gasteiger partial charge in [-0.05, 0) is 41.6 Å². The molecule has 82 valence electrons. The Morgan fingerprint density at radius 2 is 1.93 bits per heavy atom. The molecule has 0 bridgehead atoms. The third kappa shape index (κ3) is 2.61. The van der Waals surface area contributed by atoms with Crippen LogP contribution in [0.1, 0.15) is 22.8 Å². The predicted molar refractivity (Wildman–Crippen MR) is 58.6 cm³/mol. The van der Waals surface area contributed by atoms with E-state index in [4.69, 9.17) is 5.73 Å². The molecular weight excluding hydrogens is 322 g/mol. The van der Waals surface area contributed by atoms with Gasteiger partial charge in [0, 0.05) is 9.26 Å². The van der Waals surface area contributed by atoms with Crippen LogP contribution < -0.4 is 5.73 Å². The third-order valence-electron chi connectivity index (χ3n) is 1.80. The van der Waals surface area contributed by atoms with Crippen molar-refractivity contribution in [2.24, 2.45) is 0 Å². The van der Waals surface area contributed by atoms with Gasteiger partial charge in [0.25, 0.3) is 0 Å². The fourth-order valence-electron chi connectivity index (χ4n) is 1.16. The first-order chi connectivity index (χ1) is 6.73. The summed E-state index contributed by atoms with van der Waals surface area (Å²) in [5.74, 6) is -0.342. The lowest BCUT2D eigenvalue weighted by molar-refractivity contribution is -0.137. The number of nitrogen functional groups attached to an aromatic ring is 1. The molecule has 0 fully saturated rings. The molecule has 0 aromatic heterocycles. The first-order valence-electron chi connectivity index (χ1n) is 3.90. The van der Waals surface area contributed by atoms with Crippen molar-refractivity contribution in [1.29, 1.82) is 0 Å². The number of rotatable bonds is 1. The zero-order valence-corrected chi connectivity index (χ0v) is 9.81. The van der Waals surface area contributed by atoms with E-state index in [9.17, 15) is 18.0 Å². The second-order valence-electron chi connectivity index (χ2n) is 2.98. The van der Waals surface area contributed by atoms with Gasteiger partial charge in [0.2, 0.25) is 0 Å². The average molecular weight is 329 g/mol. The molecule has 0 heterocycles. The van der Waals surface area contributed by atoms with E-state index in [0.717, 1.165) is 12.1 Å². The van der Waals surface area contributed by atoms with Crippen LogP contribution in [0.2, 0.25) is 0 Å². The second-order valence-corrected chi connectivity index (χ2v) is 4.14. The zero-order valence-electron chi connectivity index (χ0n) is 7.65. The number of halogens is 4. The van der Waals surface area contributed by atoms with E-state index in [1.807, 2.05) is 0 Å². The number of carbonyl (C=O) groups is 1. The smallest absolute Gasteiger partial charge is 0.398 e. The van der Waals surface area contributed by atoms with Gasteiger partial charge in [0.05, 0.1) is 11.1 Å². The molecule has 0 spiro atoms. The van der Waals surface area contributed by atoms with Crippen LogP contribution in [0, 0.1) is 3.57 Å². The first-order valence-corrected chi connectivity index (χ1v) is 4.98. The van der Waals surface area contributed by atoms with E-state index < -0.39 is 11.7 Å². The van der Waals surface area contributed by atoms with Crippen molar-refractivity contribution in [2.75, 3.05) is 5.73 Å². The minimum atomic E-state index is -4.44. The third-order valence-corrected chi connectivity index (χ3v) is 2.65. The Morgan fingerprint density at radius 3 is 2.27 bits per heavy atom. The molecule has 0 unspecified atom stereocenters. The summed E-state index contributed by atoms with van der Waals surface area (Å²) in [5.41, 5.74) is 4.56. The molecule has 1 rings (SSSR count). The number of benzene rings is 1. The average Bonchev–Trinajstić information content (AvgIpc) is 1.99. The Morgan fingerprint density at radius 1 is 1.40 bits per heavy atom. The lowest BCUT2D eigenvalue weighted by atomic mass is 10.1. The molecule has 0 saturated carbocycles. The van der Waals surface area contributed by atoms with Crippen molar-refractivity contribution in [3.63, 3.8) is 0 Å². The molecular formula is C9H7F3INO. The van der Waals surface area contributed by atoms with Gasteiger partial charge in [-0.3, -0.25) is 4.79 Å². The highest BCUT2D eigenvalue weighted by atomic mass is 127. The lowest BCUT2D eigenvalue weighted by Gasteiger charge is -2.11. The Kier molecular flexibility index (Phi) is 3.27. The molecule has 0 aliphatic carbocycles. The summed E-state index contributed by atoms with van der Waals surface area (Å²) < 4.78 is 37.2. The number of Topliss-reactive ketones (excluding diaryl/α,β-unsaturated/α-hetero) is 1. The summed E-state index contributed by atoms with van der Waals surface area (Å²) in [6.45, 7) is 1.26. The Labute approximate surface area is 97.8 Å². The van der Waals surface area contributed by atoms with E-state index in [2.05, 4.69) is 0 Å². The standard InChI is InChI=1S/C9H7F3INO/c1-4(15)8-6(13)2-5(3-7(8)14)9(10,11)12/h2-3H,14H2,1H3. The molecule has 0 aliphatic rings. The molecule has 0 saturated heterocycles. The molecule has 1 aromatic carbocycles. The molecule has 2 N–H and O–H groups in total. The Balaban J connectivity index is 3.39. The maximum atomic E-state index is 12.3. The highest BCUT2D eigenvalue weighted by molar-refractivity contribution is 14.1. The van der Waals surface area contributed by atoms with Crippen LogP contribution in [0.5, 0.6) is 0 Å². The number of nitrogens with two attached hydrogens (primary N) is 1. The summed E-state index contributed by atoms with van der Waals surface area (Å²) >= 11 is 1.67. The van der Waals surface area contributed by atoms with Gasteiger partial charge >= 0.3 is 6.18 Å². The van der Waals surface area contributed by atoms with Crippen molar-refractivity contribution in [3.8, 4) is 0 Å². The van der Waals surface area contributed by atoms with Gasteiger partial charge in [-0.1, -0.05) is 0 Å². The van der Waals surface area contributed by atoms with Crippen molar-refractivity contribution >= 4 is 34.1 Å².